The maximum atomic E-state index is 10.7. The van der Waals surface area contributed by atoms with Crippen molar-refractivity contribution in [3.8, 4) is 0 Å². The van der Waals surface area contributed by atoms with E-state index >= 15 is 0 Å². The van der Waals surface area contributed by atoms with Gasteiger partial charge in [-0.2, -0.15) is 0 Å². The van der Waals surface area contributed by atoms with Crippen LogP contribution in [0, 0.1) is 0 Å². The van der Waals surface area contributed by atoms with Gasteiger partial charge in [-0.25, -0.2) is 9.50 Å². The summed E-state index contributed by atoms with van der Waals surface area (Å²) in [5, 5.41) is 2.56. The molecule has 0 aliphatic rings. The topological polar surface area (TPSA) is 50.2 Å². The zero-order valence-electron chi connectivity index (χ0n) is 5.52. The van der Waals surface area contributed by atoms with Crippen molar-refractivity contribution in [1.82, 2.24) is 14.6 Å². The van der Waals surface area contributed by atoms with E-state index in [1.165, 1.54) is 6.07 Å². The Bertz CT molecular complexity index is 369. The molecule has 2 heterocycles. The summed E-state index contributed by atoms with van der Waals surface area (Å²) in [6.07, 6.45) is 3.38. The number of aromatic nitrogens is 3. The maximum absolute atomic E-state index is 10.7. The Hall–Kier alpha value is -1.29. The molecule has 0 aromatic carbocycles. The van der Waals surface area contributed by atoms with Gasteiger partial charge in [0, 0.05) is 18.5 Å². The first-order valence-electron chi connectivity index (χ1n) is 2.89. The molecule has 0 amide bonds. The third-order valence-corrected chi connectivity index (χ3v) is 1.27. The highest BCUT2D eigenvalue weighted by Crippen LogP contribution is 1.89. The average Bonchev–Trinajstić information content (AvgIpc) is 2.27. The third-order valence-electron chi connectivity index (χ3n) is 1.27. The second kappa shape index (κ2) is 2.75. The van der Waals surface area contributed by atoms with Crippen LogP contribution in [0.15, 0.2) is 29.3 Å². The molecule has 0 unspecified atom stereocenters. The second-order valence-electron chi connectivity index (χ2n) is 1.97. The predicted octanol–water partition coefficient (Wildman–Crippen LogP) is 0.444. The van der Waals surface area contributed by atoms with E-state index in [2.05, 4.69) is 10.1 Å². The van der Waals surface area contributed by atoms with Gasteiger partial charge in [0.1, 0.15) is 0 Å². The zero-order chi connectivity index (χ0) is 6.97. The molecular formula is C6H6ClN3O. The van der Waals surface area contributed by atoms with Crippen molar-refractivity contribution in [2.75, 3.05) is 0 Å². The fraction of sp³-hybridized carbons (Fsp3) is 0. The lowest BCUT2D eigenvalue weighted by Crippen LogP contribution is -1.97. The van der Waals surface area contributed by atoms with E-state index < -0.39 is 0 Å². The van der Waals surface area contributed by atoms with Gasteiger partial charge in [-0.15, -0.1) is 12.4 Å². The second-order valence-corrected chi connectivity index (χ2v) is 1.97. The molecule has 0 saturated carbocycles. The Morgan fingerprint density at radius 3 is 3.09 bits per heavy atom. The highest BCUT2D eigenvalue weighted by atomic mass is 35.5. The van der Waals surface area contributed by atoms with E-state index in [0.29, 0.717) is 5.65 Å². The van der Waals surface area contributed by atoms with Crippen molar-refractivity contribution in [3.05, 3.63) is 34.9 Å². The largest absolute Gasteiger partial charge is 0.268 e. The van der Waals surface area contributed by atoms with Crippen LogP contribution in [0.3, 0.4) is 0 Å². The van der Waals surface area contributed by atoms with Crippen molar-refractivity contribution in [2.45, 2.75) is 0 Å². The van der Waals surface area contributed by atoms with E-state index in [1.54, 1.807) is 23.0 Å². The molecule has 2 aromatic heterocycles. The predicted molar refractivity (Wildman–Crippen MR) is 43.1 cm³/mol. The number of nitrogens with zero attached hydrogens (tertiary/aromatic N) is 2. The van der Waals surface area contributed by atoms with E-state index in [1.807, 2.05) is 0 Å². The summed E-state index contributed by atoms with van der Waals surface area (Å²) in [6, 6.07) is 3.20. The van der Waals surface area contributed by atoms with Gasteiger partial charge in [-0.05, 0) is 6.07 Å². The van der Waals surface area contributed by atoms with Gasteiger partial charge in [0.25, 0.3) is 5.56 Å². The maximum Gasteiger partial charge on any atom is 0.266 e. The van der Waals surface area contributed by atoms with Crippen LogP contribution in [0.1, 0.15) is 0 Å². The number of rotatable bonds is 0. The normalized spacial score (nSPS) is 9.45. The Kier molecular flexibility index (Phi) is 1.96. The van der Waals surface area contributed by atoms with Gasteiger partial charge >= 0.3 is 0 Å². The molecule has 2 rings (SSSR count). The first kappa shape index (κ1) is 7.81. The van der Waals surface area contributed by atoms with Crippen LogP contribution < -0.4 is 5.56 Å². The number of hydrogen-bond acceptors (Lipinski definition) is 2. The van der Waals surface area contributed by atoms with Crippen LogP contribution in [0.4, 0.5) is 0 Å². The van der Waals surface area contributed by atoms with E-state index in [9.17, 15) is 4.79 Å². The molecule has 5 heteroatoms. The molecular weight excluding hydrogens is 166 g/mol. The van der Waals surface area contributed by atoms with Crippen LogP contribution in [-0.2, 0) is 0 Å². The highest BCUT2D eigenvalue weighted by molar-refractivity contribution is 5.85. The smallest absolute Gasteiger partial charge is 0.266 e. The highest BCUT2D eigenvalue weighted by Gasteiger charge is 1.91. The van der Waals surface area contributed by atoms with E-state index in [0.717, 1.165) is 0 Å². The van der Waals surface area contributed by atoms with Crippen molar-refractivity contribution in [3.63, 3.8) is 0 Å². The molecule has 0 atom stereocenters. The lowest BCUT2D eigenvalue weighted by molar-refractivity contribution is 0.920. The lowest BCUT2D eigenvalue weighted by atomic mass is 10.6. The molecule has 2 aromatic rings. The minimum atomic E-state index is -0.126. The Morgan fingerprint density at radius 2 is 2.36 bits per heavy atom. The Balaban J connectivity index is 0.000000605. The summed E-state index contributed by atoms with van der Waals surface area (Å²) in [4.78, 5) is 14.6. The minimum absolute atomic E-state index is 0. The quantitative estimate of drug-likeness (QED) is 0.626. The van der Waals surface area contributed by atoms with Gasteiger partial charge < -0.3 is 0 Å². The number of nitrogens with one attached hydrogen (secondary N) is 1. The summed E-state index contributed by atoms with van der Waals surface area (Å²) in [6.45, 7) is 0. The first-order valence-corrected chi connectivity index (χ1v) is 2.89. The zero-order valence-corrected chi connectivity index (χ0v) is 6.34. The fourth-order valence-corrected chi connectivity index (χ4v) is 0.852. The molecule has 0 radical (unpaired) electrons. The summed E-state index contributed by atoms with van der Waals surface area (Å²) >= 11 is 0. The molecule has 0 bridgehead atoms. The Labute approximate surface area is 68.3 Å². The molecule has 11 heavy (non-hydrogen) atoms. The molecule has 4 nitrogen and oxygen atoms in total. The van der Waals surface area contributed by atoms with Gasteiger partial charge in [0.15, 0.2) is 5.65 Å². The van der Waals surface area contributed by atoms with Crippen molar-refractivity contribution in [1.29, 1.82) is 0 Å². The standard InChI is InChI=1S/C6H5N3O.ClH/c10-6-4-5-7-2-1-3-9(5)8-6;/h1-4H,(H,8,10);1H. The van der Waals surface area contributed by atoms with E-state index in [4.69, 9.17) is 0 Å². The van der Waals surface area contributed by atoms with Crippen LogP contribution in [0.5, 0.6) is 0 Å². The van der Waals surface area contributed by atoms with Crippen molar-refractivity contribution >= 4 is 18.1 Å². The number of aromatic amines is 1. The molecule has 0 saturated heterocycles. The molecule has 0 aliphatic carbocycles. The molecule has 1 N–H and O–H groups in total. The number of hydrogen-bond donors (Lipinski definition) is 1. The summed E-state index contributed by atoms with van der Waals surface area (Å²) in [5.74, 6) is 0. The number of fused-ring (bicyclic) bond motifs is 1. The van der Waals surface area contributed by atoms with Gasteiger partial charge in [-0.1, -0.05) is 0 Å². The molecule has 0 spiro atoms. The van der Waals surface area contributed by atoms with Gasteiger partial charge in [0.05, 0.1) is 0 Å². The summed E-state index contributed by atoms with van der Waals surface area (Å²) < 4.78 is 1.57. The first-order chi connectivity index (χ1) is 4.86. The number of halogens is 1. The van der Waals surface area contributed by atoms with Crippen LogP contribution in [0.25, 0.3) is 5.65 Å². The SMILES string of the molecule is Cl.O=c1cc2ncccn2[nH]1. The minimum Gasteiger partial charge on any atom is -0.268 e. The summed E-state index contributed by atoms with van der Waals surface area (Å²) in [5.41, 5.74) is 0.520. The van der Waals surface area contributed by atoms with Crippen molar-refractivity contribution < 1.29 is 0 Å². The summed E-state index contributed by atoms with van der Waals surface area (Å²) in [7, 11) is 0. The third kappa shape index (κ3) is 1.25. The number of H-pyrrole nitrogens is 1. The monoisotopic (exact) mass is 171 g/mol. The van der Waals surface area contributed by atoms with Crippen LogP contribution in [-0.4, -0.2) is 14.6 Å². The Morgan fingerprint density at radius 1 is 1.55 bits per heavy atom. The van der Waals surface area contributed by atoms with Crippen molar-refractivity contribution in [2.24, 2.45) is 0 Å². The fourth-order valence-electron chi connectivity index (χ4n) is 0.852. The average molecular weight is 172 g/mol. The molecule has 0 aliphatic heterocycles. The molecule has 0 fully saturated rings. The van der Waals surface area contributed by atoms with Crippen LogP contribution in [0.2, 0.25) is 0 Å². The lowest BCUT2D eigenvalue weighted by Gasteiger charge is -1.87. The van der Waals surface area contributed by atoms with Crippen LogP contribution >= 0.6 is 12.4 Å². The van der Waals surface area contributed by atoms with Gasteiger partial charge in [0.2, 0.25) is 0 Å². The molecule has 58 valence electrons. The van der Waals surface area contributed by atoms with Gasteiger partial charge in [-0.3, -0.25) is 9.89 Å². The van der Waals surface area contributed by atoms with E-state index in [-0.39, 0.29) is 18.0 Å².